The molecule has 0 bridgehead atoms. The molecule has 0 aromatic carbocycles. The highest BCUT2D eigenvalue weighted by atomic mass is 16.5. The van der Waals surface area contributed by atoms with Crippen LogP contribution in [0.2, 0.25) is 0 Å². The van der Waals surface area contributed by atoms with Gasteiger partial charge in [-0.25, -0.2) is 0 Å². The van der Waals surface area contributed by atoms with Crippen molar-refractivity contribution < 1.29 is 4.74 Å². The van der Waals surface area contributed by atoms with E-state index in [4.69, 9.17) is 4.74 Å². The van der Waals surface area contributed by atoms with E-state index in [2.05, 4.69) is 16.0 Å². The average molecular weight is 199 g/mol. The molecule has 2 heterocycles. The summed E-state index contributed by atoms with van der Waals surface area (Å²) in [5.41, 5.74) is 0. The van der Waals surface area contributed by atoms with Gasteiger partial charge in [0.25, 0.3) is 0 Å². The first-order chi connectivity index (χ1) is 6.90. The summed E-state index contributed by atoms with van der Waals surface area (Å²) in [6, 6.07) is 0.552. The van der Waals surface area contributed by atoms with Gasteiger partial charge in [-0.05, 0) is 25.3 Å². The van der Waals surface area contributed by atoms with Gasteiger partial charge in [0, 0.05) is 32.4 Å². The fourth-order valence-electron chi connectivity index (χ4n) is 2.40. The van der Waals surface area contributed by atoms with Gasteiger partial charge < -0.3 is 20.7 Å². The minimum absolute atomic E-state index is 0.552. The topological polar surface area (TPSA) is 45.3 Å². The Hall–Kier alpha value is -0.160. The van der Waals surface area contributed by atoms with Crippen molar-refractivity contribution in [3.8, 4) is 0 Å². The molecule has 2 unspecified atom stereocenters. The van der Waals surface area contributed by atoms with E-state index in [0.29, 0.717) is 12.0 Å². The molecule has 0 aromatic heterocycles. The molecule has 4 nitrogen and oxygen atoms in total. The van der Waals surface area contributed by atoms with E-state index in [9.17, 15) is 0 Å². The van der Waals surface area contributed by atoms with Gasteiger partial charge in [0.15, 0.2) is 0 Å². The number of hydrogen-bond acceptors (Lipinski definition) is 4. The maximum absolute atomic E-state index is 5.62. The van der Waals surface area contributed by atoms with Gasteiger partial charge in [0.1, 0.15) is 0 Å². The maximum atomic E-state index is 5.62. The average Bonchev–Trinajstić information content (AvgIpc) is 2.30. The van der Waals surface area contributed by atoms with Crippen LogP contribution in [0.15, 0.2) is 0 Å². The van der Waals surface area contributed by atoms with Gasteiger partial charge in [0.05, 0.1) is 6.61 Å². The Balaban J connectivity index is 1.83. The molecule has 3 N–H and O–H groups in total. The smallest absolute Gasteiger partial charge is 0.0619 e. The highest BCUT2D eigenvalue weighted by Crippen LogP contribution is 2.22. The molecule has 2 rings (SSSR count). The quantitative estimate of drug-likeness (QED) is 0.554. The normalized spacial score (nSPS) is 35.8. The van der Waals surface area contributed by atoms with Gasteiger partial charge in [0.2, 0.25) is 0 Å². The van der Waals surface area contributed by atoms with Crippen molar-refractivity contribution in [2.75, 3.05) is 40.0 Å². The molecule has 0 amide bonds. The van der Waals surface area contributed by atoms with Gasteiger partial charge in [-0.15, -0.1) is 0 Å². The zero-order valence-corrected chi connectivity index (χ0v) is 8.88. The molecule has 0 spiro atoms. The van der Waals surface area contributed by atoms with E-state index in [1.807, 2.05) is 7.05 Å². The zero-order chi connectivity index (χ0) is 9.80. The summed E-state index contributed by atoms with van der Waals surface area (Å²) in [5, 5.41) is 10.1. The second-order valence-electron chi connectivity index (χ2n) is 4.36. The van der Waals surface area contributed by atoms with Crippen molar-refractivity contribution in [1.29, 1.82) is 0 Å². The minimum Gasteiger partial charge on any atom is -0.380 e. The molecule has 2 saturated heterocycles. The molecule has 14 heavy (non-hydrogen) atoms. The second kappa shape index (κ2) is 5.07. The lowest BCUT2D eigenvalue weighted by Crippen LogP contribution is -2.50. The molecular weight excluding hydrogens is 178 g/mol. The molecule has 2 atom stereocenters. The fourth-order valence-corrected chi connectivity index (χ4v) is 2.40. The third-order valence-electron chi connectivity index (χ3n) is 3.38. The minimum atomic E-state index is 0.552. The predicted molar refractivity (Wildman–Crippen MR) is 56.1 cm³/mol. The molecule has 82 valence electrons. The van der Waals surface area contributed by atoms with Crippen molar-refractivity contribution >= 4 is 0 Å². The molecular formula is C10H21N3O. The summed E-state index contributed by atoms with van der Waals surface area (Å²) in [6.07, 6.45) is 1.25. The Bertz CT molecular complexity index is 171. The standard InChI is InChI=1S/C10H21N3O/c1-11-10-2-8(5-14-6-10)9-3-12-7-13-4-9/h8-13H,2-7H2,1H3. The van der Waals surface area contributed by atoms with E-state index < -0.39 is 0 Å². The van der Waals surface area contributed by atoms with Gasteiger partial charge in [-0.3, -0.25) is 0 Å². The third kappa shape index (κ3) is 2.45. The number of likely N-dealkylation sites (N-methyl/N-ethyl adjacent to an activating group) is 1. The number of nitrogens with one attached hydrogen (secondary N) is 3. The molecule has 0 radical (unpaired) electrons. The Morgan fingerprint density at radius 1 is 1.14 bits per heavy atom. The van der Waals surface area contributed by atoms with E-state index in [-0.39, 0.29) is 0 Å². The fraction of sp³-hybridized carbons (Fsp3) is 1.00. The van der Waals surface area contributed by atoms with Gasteiger partial charge >= 0.3 is 0 Å². The van der Waals surface area contributed by atoms with E-state index in [1.165, 1.54) is 6.42 Å². The number of hydrogen-bond donors (Lipinski definition) is 3. The van der Waals surface area contributed by atoms with Crippen molar-refractivity contribution in [1.82, 2.24) is 16.0 Å². The molecule has 2 aliphatic rings. The van der Waals surface area contributed by atoms with Crippen LogP contribution < -0.4 is 16.0 Å². The summed E-state index contributed by atoms with van der Waals surface area (Å²) in [5.74, 6) is 1.45. The summed E-state index contributed by atoms with van der Waals surface area (Å²) >= 11 is 0. The van der Waals surface area contributed by atoms with Gasteiger partial charge in [-0.1, -0.05) is 0 Å². The SMILES string of the molecule is CNC1COCC(C2CNCNC2)C1. The second-order valence-corrected chi connectivity index (χ2v) is 4.36. The first kappa shape index (κ1) is 10.4. The van der Waals surface area contributed by atoms with Crippen LogP contribution in [-0.4, -0.2) is 46.1 Å². The van der Waals surface area contributed by atoms with Crippen molar-refractivity contribution in [3.63, 3.8) is 0 Å². The molecule has 0 aromatic rings. The first-order valence-electron chi connectivity index (χ1n) is 5.56. The summed E-state index contributed by atoms with van der Waals surface area (Å²) in [4.78, 5) is 0. The van der Waals surface area contributed by atoms with Crippen LogP contribution in [0.3, 0.4) is 0 Å². The van der Waals surface area contributed by atoms with Crippen LogP contribution in [0.5, 0.6) is 0 Å². The van der Waals surface area contributed by atoms with Crippen LogP contribution in [0.25, 0.3) is 0 Å². The van der Waals surface area contributed by atoms with Crippen molar-refractivity contribution in [2.45, 2.75) is 12.5 Å². The van der Waals surface area contributed by atoms with E-state index in [0.717, 1.165) is 38.9 Å². The van der Waals surface area contributed by atoms with Crippen molar-refractivity contribution in [2.24, 2.45) is 11.8 Å². The monoisotopic (exact) mass is 199 g/mol. The van der Waals surface area contributed by atoms with Crippen LogP contribution in [0.4, 0.5) is 0 Å². The lowest BCUT2D eigenvalue weighted by atomic mass is 9.85. The largest absolute Gasteiger partial charge is 0.380 e. The maximum Gasteiger partial charge on any atom is 0.0619 e. The van der Waals surface area contributed by atoms with Crippen LogP contribution >= 0.6 is 0 Å². The predicted octanol–water partition coefficient (Wildman–Crippen LogP) is -0.623. The Labute approximate surface area is 85.8 Å². The van der Waals surface area contributed by atoms with E-state index >= 15 is 0 Å². The first-order valence-corrected chi connectivity index (χ1v) is 5.56. The van der Waals surface area contributed by atoms with Gasteiger partial charge in [-0.2, -0.15) is 0 Å². The number of rotatable bonds is 2. The third-order valence-corrected chi connectivity index (χ3v) is 3.38. The lowest BCUT2D eigenvalue weighted by molar-refractivity contribution is 0.00790. The Morgan fingerprint density at radius 3 is 2.64 bits per heavy atom. The highest BCUT2D eigenvalue weighted by Gasteiger charge is 2.29. The number of ether oxygens (including phenoxy) is 1. The van der Waals surface area contributed by atoms with Crippen molar-refractivity contribution in [3.05, 3.63) is 0 Å². The molecule has 4 heteroatoms. The Kier molecular flexibility index (Phi) is 3.75. The summed E-state index contributed by atoms with van der Waals surface area (Å²) in [7, 11) is 2.02. The van der Waals surface area contributed by atoms with Crippen LogP contribution in [-0.2, 0) is 4.74 Å². The highest BCUT2D eigenvalue weighted by molar-refractivity contribution is 4.83. The summed E-state index contributed by atoms with van der Waals surface area (Å²) in [6.45, 7) is 5.04. The van der Waals surface area contributed by atoms with E-state index in [1.54, 1.807) is 0 Å². The molecule has 2 fully saturated rings. The summed E-state index contributed by atoms with van der Waals surface area (Å²) < 4.78 is 5.62. The zero-order valence-electron chi connectivity index (χ0n) is 8.88. The Morgan fingerprint density at radius 2 is 1.93 bits per heavy atom. The van der Waals surface area contributed by atoms with Crippen LogP contribution in [0, 0.1) is 11.8 Å². The van der Waals surface area contributed by atoms with Crippen LogP contribution in [0.1, 0.15) is 6.42 Å². The molecule has 0 aliphatic carbocycles. The lowest BCUT2D eigenvalue weighted by Gasteiger charge is -2.36. The molecule has 2 aliphatic heterocycles. The molecule has 0 saturated carbocycles.